The molecular weight excluding hydrogens is 394 g/mol. The first-order valence-corrected chi connectivity index (χ1v) is 11.3. The minimum absolute atomic E-state index is 0.0264. The van der Waals surface area contributed by atoms with Gasteiger partial charge in [0.05, 0.1) is 10.6 Å². The number of carbonyl (C=O) groups excluding carboxylic acids is 1. The predicted octanol–water partition coefficient (Wildman–Crippen LogP) is 6.32. The zero-order chi connectivity index (χ0) is 21.2. The molecule has 0 bridgehead atoms. The lowest BCUT2D eigenvalue weighted by Gasteiger charge is -2.23. The highest BCUT2D eigenvalue weighted by Crippen LogP contribution is 2.36. The molecule has 0 heterocycles. The van der Waals surface area contributed by atoms with E-state index in [1.165, 1.54) is 12.1 Å². The van der Waals surface area contributed by atoms with Gasteiger partial charge < -0.3 is 0 Å². The molecule has 2 aromatic rings. The fourth-order valence-corrected chi connectivity index (χ4v) is 5.09. The van der Waals surface area contributed by atoms with Crippen LogP contribution in [0.4, 0.5) is 5.69 Å². The van der Waals surface area contributed by atoms with E-state index in [-0.39, 0.29) is 29.0 Å². The summed E-state index contributed by atoms with van der Waals surface area (Å²) in [6.07, 6.45) is 0.596. The Labute approximate surface area is 173 Å². The van der Waals surface area contributed by atoms with Gasteiger partial charge in [0.15, 0.2) is 6.29 Å². The summed E-state index contributed by atoms with van der Waals surface area (Å²) >= 11 is 5.93. The predicted molar refractivity (Wildman–Crippen MR) is 116 cm³/mol. The van der Waals surface area contributed by atoms with E-state index in [0.29, 0.717) is 16.2 Å². The number of rotatable bonds is 7. The number of anilines is 1. The van der Waals surface area contributed by atoms with Crippen LogP contribution in [-0.4, -0.2) is 14.7 Å². The van der Waals surface area contributed by atoms with E-state index in [0.717, 1.165) is 16.7 Å². The van der Waals surface area contributed by atoms with E-state index < -0.39 is 10.0 Å². The fourth-order valence-electron chi connectivity index (χ4n) is 3.12. The maximum atomic E-state index is 13.4. The molecule has 0 fully saturated rings. The molecule has 4 nitrogen and oxygen atoms in total. The Bertz CT molecular complexity index is 950. The molecule has 1 N–H and O–H groups in total. The van der Waals surface area contributed by atoms with Gasteiger partial charge in [-0.2, -0.15) is 0 Å². The largest absolute Gasteiger partial charge is 0.298 e. The quantitative estimate of drug-likeness (QED) is 0.531. The maximum absolute atomic E-state index is 13.4. The third-order valence-electron chi connectivity index (χ3n) is 4.73. The molecule has 152 valence electrons. The highest BCUT2D eigenvalue weighted by atomic mass is 35.5. The fraction of sp³-hybridized carbons (Fsp3) is 0.409. The van der Waals surface area contributed by atoms with Crippen LogP contribution in [0.15, 0.2) is 35.2 Å². The Balaban J connectivity index is 2.72. The van der Waals surface area contributed by atoms with Crippen molar-refractivity contribution < 1.29 is 13.2 Å². The number of benzene rings is 2. The van der Waals surface area contributed by atoms with Crippen LogP contribution in [0.1, 0.15) is 86.3 Å². The van der Waals surface area contributed by atoms with Crippen LogP contribution < -0.4 is 4.72 Å². The highest BCUT2D eigenvalue weighted by Gasteiger charge is 2.27. The molecule has 0 aliphatic heterocycles. The normalized spacial score (nSPS) is 12.1. The third kappa shape index (κ3) is 4.76. The molecule has 0 atom stereocenters. The van der Waals surface area contributed by atoms with Crippen LogP contribution in [0, 0.1) is 0 Å². The number of carbonyl (C=O) groups is 1. The zero-order valence-electron chi connectivity index (χ0n) is 17.2. The summed E-state index contributed by atoms with van der Waals surface area (Å²) in [5.41, 5.74) is 3.10. The van der Waals surface area contributed by atoms with Crippen molar-refractivity contribution in [3.63, 3.8) is 0 Å². The maximum Gasteiger partial charge on any atom is 0.262 e. The van der Waals surface area contributed by atoms with Crippen LogP contribution >= 0.6 is 11.6 Å². The summed E-state index contributed by atoms with van der Waals surface area (Å²) in [7, 11) is -3.90. The van der Waals surface area contributed by atoms with Crippen molar-refractivity contribution in [2.45, 2.75) is 64.2 Å². The monoisotopic (exact) mass is 421 g/mol. The van der Waals surface area contributed by atoms with Crippen molar-refractivity contribution in [2.75, 3.05) is 4.72 Å². The van der Waals surface area contributed by atoms with Gasteiger partial charge in [0.1, 0.15) is 0 Å². The zero-order valence-corrected chi connectivity index (χ0v) is 18.8. The second kappa shape index (κ2) is 8.66. The molecule has 0 unspecified atom stereocenters. The summed E-state index contributed by atoms with van der Waals surface area (Å²) < 4.78 is 29.5. The molecule has 0 spiro atoms. The molecule has 0 aliphatic carbocycles. The lowest BCUT2D eigenvalue weighted by Crippen LogP contribution is -2.20. The van der Waals surface area contributed by atoms with Crippen molar-refractivity contribution in [2.24, 2.45) is 0 Å². The smallest absolute Gasteiger partial charge is 0.262 e. The minimum atomic E-state index is -3.90. The van der Waals surface area contributed by atoms with Crippen LogP contribution in [-0.2, 0) is 10.0 Å². The van der Waals surface area contributed by atoms with Crippen LogP contribution in [0.2, 0.25) is 5.02 Å². The van der Waals surface area contributed by atoms with Crippen LogP contribution in [0.5, 0.6) is 0 Å². The molecule has 0 radical (unpaired) electrons. The van der Waals surface area contributed by atoms with Gasteiger partial charge in [-0.05, 0) is 52.6 Å². The van der Waals surface area contributed by atoms with Crippen LogP contribution in [0.25, 0.3) is 0 Å². The summed E-state index contributed by atoms with van der Waals surface area (Å²) in [5, 5.41) is 0.372. The van der Waals surface area contributed by atoms with Crippen LogP contribution in [0.3, 0.4) is 0 Å². The van der Waals surface area contributed by atoms with Crippen molar-refractivity contribution in [1.82, 2.24) is 0 Å². The molecule has 6 heteroatoms. The Morgan fingerprint density at radius 3 is 1.86 bits per heavy atom. The van der Waals surface area contributed by atoms with E-state index in [1.54, 1.807) is 6.07 Å². The average Bonchev–Trinajstić information content (AvgIpc) is 2.61. The average molecular weight is 422 g/mol. The Morgan fingerprint density at radius 1 is 0.893 bits per heavy atom. The lowest BCUT2D eigenvalue weighted by molar-refractivity contribution is 0.112. The molecule has 0 aliphatic rings. The molecule has 2 aromatic carbocycles. The van der Waals surface area contributed by atoms with Crippen molar-refractivity contribution in [3.8, 4) is 0 Å². The summed E-state index contributed by atoms with van der Waals surface area (Å²) in [4.78, 5) is 11.7. The second-order valence-electron chi connectivity index (χ2n) is 7.95. The van der Waals surface area contributed by atoms with Gasteiger partial charge in [0, 0.05) is 10.6 Å². The summed E-state index contributed by atoms with van der Waals surface area (Å²) in [6.45, 7) is 12.1. The van der Waals surface area contributed by atoms with E-state index in [4.69, 9.17) is 11.6 Å². The molecule has 2 rings (SSSR count). The van der Waals surface area contributed by atoms with Crippen molar-refractivity contribution in [3.05, 3.63) is 57.6 Å². The first kappa shape index (κ1) is 22.4. The van der Waals surface area contributed by atoms with Crippen molar-refractivity contribution in [1.29, 1.82) is 0 Å². The molecule has 28 heavy (non-hydrogen) atoms. The topological polar surface area (TPSA) is 63.2 Å². The van der Waals surface area contributed by atoms with Gasteiger partial charge in [0.2, 0.25) is 0 Å². The highest BCUT2D eigenvalue weighted by molar-refractivity contribution is 7.92. The van der Waals surface area contributed by atoms with Gasteiger partial charge in [-0.1, -0.05) is 65.3 Å². The van der Waals surface area contributed by atoms with Gasteiger partial charge in [-0.25, -0.2) is 8.42 Å². The number of sulfonamides is 1. The number of nitrogens with one attached hydrogen (secondary N) is 1. The standard InChI is InChI=1S/C22H28ClNO3S/c1-13(2)16-10-19(14(3)4)22(20(11-16)15(5)6)28(26,27)24-21-8-7-18(23)9-17(21)12-25/h7-15,24H,1-6H3. The summed E-state index contributed by atoms with van der Waals surface area (Å²) in [6, 6.07) is 8.48. The van der Waals surface area contributed by atoms with E-state index in [2.05, 4.69) is 18.6 Å². The first-order chi connectivity index (χ1) is 13.0. The molecule has 0 saturated heterocycles. The third-order valence-corrected chi connectivity index (χ3v) is 6.47. The van der Waals surface area contributed by atoms with Gasteiger partial charge in [-0.3, -0.25) is 9.52 Å². The van der Waals surface area contributed by atoms with Crippen molar-refractivity contribution >= 4 is 33.6 Å². The first-order valence-electron chi connectivity index (χ1n) is 9.43. The van der Waals surface area contributed by atoms with Gasteiger partial charge >= 0.3 is 0 Å². The lowest BCUT2D eigenvalue weighted by atomic mass is 9.89. The minimum Gasteiger partial charge on any atom is -0.298 e. The second-order valence-corrected chi connectivity index (χ2v) is 10.0. The van der Waals surface area contributed by atoms with Gasteiger partial charge in [-0.15, -0.1) is 0 Å². The molecule has 0 saturated carbocycles. The summed E-state index contributed by atoms with van der Waals surface area (Å²) in [5.74, 6) is 0.342. The Morgan fingerprint density at radius 2 is 1.43 bits per heavy atom. The molecule has 0 aromatic heterocycles. The van der Waals surface area contributed by atoms with E-state index in [9.17, 15) is 13.2 Å². The molecular formula is C22H28ClNO3S. The Hall–Kier alpha value is -1.85. The Kier molecular flexibility index (Phi) is 6.94. The van der Waals surface area contributed by atoms with E-state index in [1.807, 2.05) is 39.8 Å². The number of hydrogen-bond acceptors (Lipinski definition) is 3. The van der Waals surface area contributed by atoms with Gasteiger partial charge in [0.25, 0.3) is 10.0 Å². The number of aldehydes is 1. The molecule has 0 amide bonds. The number of halogens is 1. The SMILES string of the molecule is CC(C)c1cc(C(C)C)c(S(=O)(=O)Nc2ccc(Cl)cc2C=O)c(C(C)C)c1. The number of hydrogen-bond donors (Lipinski definition) is 1. The van der Waals surface area contributed by atoms with E-state index >= 15 is 0 Å².